The van der Waals surface area contributed by atoms with Crippen LogP contribution in [0.25, 0.3) is 20.7 Å². The molecule has 5 heterocycles. The van der Waals surface area contributed by atoms with Crippen LogP contribution in [0.3, 0.4) is 0 Å². The number of benzene rings is 1. The van der Waals surface area contributed by atoms with Gasteiger partial charge in [0.1, 0.15) is 9.71 Å². The third-order valence-corrected chi connectivity index (χ3v) is 8.03. The van der Waals surface area contributed by atoms with Crippen LogP contribution in [0.5, 0.6) is 0 Å². The Kier molecular flexibility index (Phi) is 5.09. The summed E-state index contributed by atoms with van der Waals surface area (Å²) in [5, 5.41) is 12.2. The maximum absolute atomic E-state index is 13.2. The van der Waals surface area contributed by atoms with Crippen LogP contribution in [0.1, 0.15) is 22.5 Å². The molecule has 1 atom stereocenters. The first kappa shape index (κ1) is 20.3. The summed E-state index contributed by atoms with van der Waals surface area (Å²) in [6.07, 6.45) is 3.67. The average Bonchev–Trinajstić information content (AvgIpc) is 3.50. The fraction of sp³-hybridized carbons (Fsp3) is 0.208. The number of carbonyl (C=O) groups excluding carboxylic acids is 2. The van der Waals surface area contributed by atoms with Gasteiger partial charge in [0, 0.05) is 23.7 Å². The predicted octanol–water partition coefficient (Wildman–Crippen LogP) is 5.19. The van der Waals surface area contributed by atoms with Crippen LogP contribution in [0, 0.1) is 0 Å². The zero-order valence-corrected chi connectivity index (χ0v) is 19.3. The summed E-state index contributed by atoms with van der Waals surface area (Å²) in [5.41, 5.74) is 3.16. The van der Waals surface area contributed by atoms with Crippen molar-refractivity contribution in [3.63, 3.8) is 0 Å². The lowest BCUT2D eigenvalue weighted by Gasteiger charge is -2.28. The van der Waals surface area contributed by atoms with Crippen molar-refractivity contribution >= 4 is 61.9 Å². The molecule has 3 amide bonds. The highest BCUT2D eigenvalue weighted by atomic mass is 32.1. The van der Waals surface area contributed by atoms with Crippen molar-refractivity contribution < 1.29 is 9.59 Å². The van der Waals surface area contributed by atoms with Gasteiger partial charge >= 0.3 is 6.03 Å². The van der Waals surface area contributed by atoms with Crippen LogP contribution in [0.15, 0.2) is 54.0 Å². The molecule has 0 bridgehead atoms. The lowest BCUT2D eigenvalue weighted by atomic mass is 10.1. The summed E-state index contributed by atoms with van der Waals surface area (Å²) < 4.78 is 0. The summed E-state index contributed by atoms with van der Waals surface area (Å²) in [7, 11) is 0. The molecule has 7 nitrogen and oxygen atoms in total. The van der Waals surface area contributed by atoms with E-state index in [1.54, 1.807) is 22.4 Å². The number of nitrogens with one attached hydrogen (secondary N) is 3. The molecule has 3 N–H and O–H groups in total. The molecule has 2 aliphatic heterocycles. The molecule has 6 rings (SSSR count). The third kappa shape index (κ3) is 3.58. The second-order valence-corrected chi connectivity index (χ2v) is 10.1. The highest BCUT2D eigenvalue weighted by Gasteiger charge is 2.33. The van der Waals surface area contributed by atoms with E-state index in [4.69, 9.17) is 0 Å². The van der Waals surface area contributed by atoms with Gasteiger partial charge in [-0.1, -0.05) is 18.2 Å². The number of rotatable bonds is 4. The normalized spacial score (nSPS) is 17.8. The molecule has 0 saturated carbocycles. The Morgan fingerprint density at radius 2 is 2.06 bits per heavy atom. The highest BCUT2D eigenvalue weighted by molar-refractivity contribution is 7.21. The van der Waals surface area contributed by atoms with E-state index in [0.29, 0.717) is 10.6 Å². The topological polar surface area (TPSA) is 86.4 Å². The zero-order chi connectivity index (χ0) is 22.4. The first-order valence-corrected chi connectivity index (χ1v) is 12.6. The van der Waals surface area contributed by atoms with E-state index in [-0.39, 0.29) is 18.0 Å². The van der Waals surface area contributed by atoms with Crippen LogP contribution < -0.4 is 20.9 Å². The van der Waals surface area contributed by atoms with Gasteiger partial charge < -0.3 is 16.0 Å². The SMILES string of the molecule is O=C(NC1CCCNC1)c1sc2nccc3c2c1NC(=O)N3c1ccc(-c2cccs2)cc1. The molecule has 9 heteroatoms. The number of carbonyl (C=O) groups is 2. The van der Waals surface area contributed by atoms with Gasteiger partial charge in [-0.05, 0) is 54.6 Å². The molecular formula is C24H21N5O2S2. The van der Waals surface area contributed by atoms with E-state index in [2.05, 4.69) is 27.0 Å². The molecule has 166 valence electrons. The number of amides is 3. The first-order chi connectivity index (χ1) is 16.2. The fourth-order valence-corrected chi connectivity index (χ4v) is 6.20. The monoisotopic (exact) mass is 475 g/mol. The van der Waals surface area contributed by atoms with Gasteiger partial charge in [-0.2, -0.15) is 0 Å². The van der Waals surface area contributed by atoms with Crippen molar-refractivity contribution in [1.82, 2.24) is 15.6 Å². The summed E-state index contributed by atoms with van der Waals surface area (Å²) in [6, 6.07) is 13.7. The second kappa shape index (κ2) is 8.26. The van der Waals surface area contributed by atoms with Crippen molar-refractivity contribution in [3.05, 3.63) is 58.9 Å². The predicted molar refractivity (Wildman–Crippen MR) is 134 cm³/mol. The number of piperidine rings is 1. The van der Waals surface area contributed by atoms with Crippen LogP contribution in [-0.4, -0.2) is 36.1 Å². The Morgan fingerprint density at radius 1 is 1.18 bits per heavy atom. The third-order valence-electron chi connectivity index (χ3n) is 6.02. The van der Waals surface area contributed by atoms with Gasteiger partial charge in [0.2, 0.25) is 0 Å². The number of aromatic nitrogens is 1. The molecule has 0 radical (unpaired) electrons. The summed E-state index contributed by atoms with van der Waals surface area (Å²) in [6.45, 7) is 1.74. The van der Waals surface area contributed by atoms with E-state index in [1.165, 1.54) is 16.2 Å². The lowest BCUT2D eigenvalue weighted by Crippen LogP contribution is -2.45. The van der Waals surface area contributed by atoms with E-state index in [1.807, 2.05) is 41.8 Å². The highest BCUT2D eigenvalue weighted by Crippen LogP contribution is 2.45. The van der Waals surface area contributed by atoms with E-state index in [9.17, 15) is 9.59 Å². The standard InChI is InChI=1S/C24H21N5O2S2/c30-22(27-15-3-1-10-25-13-15)21-20-19-17(9-11-26-23(19)33-21)29(24(31)28-20)16-7-5-14(6-8-16)18-4-2-12-32-18/h2,4-9,11-12,15,25H,1,3,10,13H2,(H,27,30)(H,28,31). The van der Waals surface area contributed by atoms with Gasteiger partial charge in [-0.3, -0.25) is 9.69 Å². The van der Waals surface area contributed by atoms with E-state index < -0.39 is 0 Å². The van der Waals surface area contributed by atoms with Crippen molar-refractivity contribution in [1.29, 1.82) is 0 Å². The fourth-order valence-electron chi connectivity index (χ4n) is 4.44. The van der Waals surface area contributed by atoms with Crippen LogP contribution >= 0.6 is 22.7 Å². The lowest BCUT2D eigenvalue weighted by molar-refractivity contribution is 0.0935. The van der Waals surface area contributed by atoms with Gasteiger partial charge in [0.15, 0.2) is 0 Å². The molecule has 4 aromatic rings. The molecular weight excluding hydrogens is 454 g/mol. The van der Waals surface area contributed by atoms with Crippen molar-refractivity contribution in [3.8, 4) is 10.4 Å². The Hall–Kier alpha value is -3.27. The van der Waals surface area contributed by atoms with Crippen LogP contribution in [-0.2, 0) is 0 Å². The molecule has 0 spiro atoms. The number of thiophene rings is 2. The Balaban J connectivity index is 1.37. The molecule has 1 unspecified atom stereocenters. The Morgan fingerprint density at radius 3 is 2.82 bits per heavy atom. The minimum atomic E-state index is -0.286. The van der Waals surface area contributed by atoms with Gasteiger partial charge in [-0.15, -0.1) is 22.7 Å². The molecule has 1 saturated heterocycles. The smallest absolute Gasteiger partial charge is 0.331 e. The summed E-state index contributed by atoms with van der Waals surface area (Å²) >= 11 is 3.00. The molecule has 2 aliphatic rings. The Bertz CT molecular complexity index is 1340. The van der Waals surface area contributed by atoms with Gasteiger partial charge in [0.05, 0.1) is 22.4 Å². The van der Waals surface area contributed by atoms with Crippen molar-refractivity contribution in [2.24, 2.45) is 0 Å². The van der Waals surface area contributed by atoms with Gasteiger partial charge in [0.25, 0.3) is 5.91 Å². The summed E-state index contributed by atoms with van der Waals surface area (Å²) in [4.78, 5) is 34.9. The molecule has 1 aromatic carbocycles. The molecule has 3 aromatic heterocycles. The minimum absolute atomic E-state index is 0.0914. The summed E-state index contributed by atoms with van der Waals surface area (Å²) in [5.74, 6) is -0.165. The largest absolute Gasteiger partial charge is 0.347 e. The number of pyridine rings is 1. The van der Waals surface area contributed by atoms with Crippen molar-refractivity contribution in [2.75, 3.05) is 23.3 Å². The van der Waals surface area contributed by atoms with Crippen LogP contribution in [0.4, 0.5) is 21.9 Å². The zero-order valence-electron chi connectivity index (χ0n) is 17.6. The number of hydrogen-bond acceptors (Lipinski definition) is 6. The van der Waals surface area contributed by atoms with Gasteiger partial charge in [-0.25, -0.2) is 9.78 Å². The quantitative estimate of drug-likeness (QED) is 0.379. The molecule has 33 heavy (non-hydrogen) atoms. The molecule has 1 fully saturated rings. The Labute approximate surface area is 198 Å². The number of hydrogen-bond donors (Lipinski definition) is 3. The molecule has 0 aliphatic carbocycles. The maximum atomic E-state index is 13.2. The number of anilines is 3. The minimum Gasteiger partial charge on any atom is -0.347 e. The van der Waals surface area contributed by atoms with E-state index >= 15 is 0 Å². The second-order valence-electron chi connectivity index (χ2n) is 8.12. The average molecular weight is 476 g/mol. The van der Waals surface area contributed by atoms with E-state index in [0.717, 1.165) is 53.1 Å². The van der Waals surface area contributed by atoms with Crippen molar-refractivity contribution in [2.45, 2.75) is 18.9 Å². The van der Waals surface area contributed by atoms with Crippen LogP contribution in [0.2, 0.25) is 0 Å². The number of nitrogens with zero attached hydrogens (tertiary/aromatic N) is 2. The first-order valence-electron chi connectivity index (χ1n) is 10.9. The maximum Gasteiger partial charge on any atom is 0.331 e. The number of urea groups is 1.